The number of unbranched alkanes of at least 4 members (excludes halogenated alkanes) is 8. The predicted octanol–water partition coefficient (Wildman–Crippen LogP) is 3.47. The highest BCUT2D eigenvalue weighted by molar-refractivity contribution is 5.68. The van der Waals surface area contributed by atoms with Crippen molar-refractivity contribution in [3.8, 4) is 0 Å². The lowest BCUT2D eigenvalue weighted by Crippen LogP contribution is -2.12. The number of carbonyl (C=O) groups excluding carboxylic acids is 1. The van der Waals surface area contributed by atoms with Crippen LogP contribution in [0, 0.1) is 0 Å². The quantitative estimate of drug-likeness (QED) is 0.331. The van der Waals surface area contributed by atoms with Gasteiger partial charge in [0.05, 0.1) is 0 Å². The maximum atomic E-state index is 10.6. The third-order valence-electron chi connectivity index (χ3n) is 3.09. The highest BCUT2D eigenvalue weighted by Crippen LogP contribution is 2.10. The summed E-state index contributed by atoms with van der Waals surface area (Å²) in [5.74, 6) is -0.518. The molecule has 0 heterocycles. The molecule has 0 saturated carbocycles. The van der Waals surface area contributed by atoms with Gasteiger partial charge in [-0.25, -0.2) is 4.79 Å². The van der Waals surface area contributed by atoms with Crippen LogP contribution in [-0.4, -0.2) is 36.8 Å². The van der Waals surface area contributed by atoms with Gasteiger partial charge >= 0.3 is 5.97 Å². The molecular formula is C14H29NO3. The van der Waals surface area contributed by atoms with Crippen molar-refractivity contribution < 1.29 is 14.9 Å². The van der Waals surface area contributed by atoms with Crippen molar-refractivity contribution in [2.45, 2.75) is 64.2 Å². The van der Waals surface area contributed by atoms with Crippen molar-refractivity contribution in [2.24, 2.45) is 0 Å². The summed E-state index contributed by atoms with van der Waals surface area (Å²) in [5.41, 5.74) is 0. The topological polar surface area (TPSA) is 49.8 Å². The van der Waals surface area contributed by atoms with Gasteiger partial charge < -0.3 is 9.79 Å². The lowest BCUT2D eigenvalue weighted by Gasteiger charge is -2.08. The number of carbonyl (C=O) groups is 1. The zero-order chi connectivity index (χ0) is 13.6. The van der Waals surface area contributed by atoms with Gasteiger partial charge in [0, 0.05) is 6.42 Å². The van der Waals surface area contributed by atoms with E-state index in [0.29, 0.717) is 6.42 Å². The van der Waals surface area contributed by atoms with E-state index in [1.165, 1.54) is 51.5 Å². The molecule has 0 bridgehead atoms. The van der Waals surface area contributed by atoms with Crippen LogP contribution < -0.4 is 0 Å². The molecule has 18 heavy (non-hydrogen) atoms. The van der Waals surface area contributed by atoms with E-state index in [1.807, 2.05) is 0 Å². The summed E-state index contributed by atoms with van der Waals surface area (Å²) in [6.45, 7) is 1.20. The van der Waals surface area contributed by atoms with E-state index in [9.17, 15) is 4.79 Å². The molecule has 108 valence electrons. The normalized spacial score (nSPS) is 10.9. The summed E-state index contributed by atoms with van der Waals surface area (Å²) in [6.07, 6.45) is 11.2. The van der Waals surface area contributed by atoms with Crippen LogP contribution in [0.3, 0.4) is 0 Å². The molecule has 0 radical (unpaired) electrons. The molecule has 0 saturated heterocycles. The van der Waals surface area contributed by atoms with Crippen LogP contribution in [0.1, 0.15) is 64.2 Å². The number of rotatable bonds is 12. The zero-order valence-electron chi connectivity index (χ0n) is 12.0. The van der Waals surface area contributed by atoms with Gasteiger partial charge in [0.25, 0.3) is 0 Å². The molecule has 0 spiro atoms. The van der Waals surface area contributed by atoms with Crippen LogP contribution in [0.5, 0.6) is 0 Å². The Hall–Kier alpha value is -0.610. The number of hydrogen-bond acceptors (Lipinski definition) is 4. The minimum atomic E-state index is -0.518. The molecule has 0 aliphatic carbocycles. The van der Waals surface area contributed by atoms with E-state index < -0.39 is 5.97 Å². The van der Waals surface area contributed by atoms with Gasteiger partial charge in [-0.05, 0) is 33.5 Å². The molecule has 0 aliphatic heterocycles. The lowest BCUT2D eigenvalue weighted by molar-refractivity contribution is -0.234. The largest absolute Gasteiger partial charge is 0.342 e. The van der Waals surface area contributed by atoms with Crippen LogP contribution in [0.15, 0.2) is 0 Å². The summed E-state index contributed by atoms with van der Waals surface area (Å²) in [7, 11) is 4.24. The highest BCUT2D eigenvalue weighted by Gasteiger charge is 2.00. The Bertz CT molecular complexity index is 195. The van der Waals surface area contributed by atoms with E-state index in [1.54, 1.807) is 0 Å². The summed E-state index contributed by atoms with van der Waals surface area (Å²) >= 11 is 0. The van der Waals surface area contributed by atoms with E-state index in [2.05, 4.69) is 23.9 Å². The monoisotopic (exact) mass is 259 g/mol. The SMILES string of the molecule is CN(C)CCCCCCCCCCCC(=O)OO. The Morgan fingerprint density at radius 1 is 0.889 bits per heavy atom. The van der Waals surface area contributed by atoms with E-state index in [4.69, 9.17) is 5.26 Å². The Morgan fingerprint density at radius 3 is 1.78 bits per heavy atom. The average Bonchev–Trinajstić information content (AvgIpc) is 2.35. The van der Waals surface area contributed by atoms with E-state index in [-0.39, 0.29) is 0 Å². The first-order valence-corrected chi connectivity index (χ1v) is 7.16. The molecule has 0 rings (SSSR count). The van der Waals surface area contributed by atoms with E-state index >= 15 is 0 Å². The van der Waals surface area contributed by atoms with Crippen molar-refractivity contribution in [1.82, 2.24) is 4.90 Å². The maximum Gasteiger partial charge on any atom is 0.342 e. The second-order valence-electron chi connectivity index (χ2n) is 5.20. The summed E-state index contributed by atoms with van der Waals surface area (Å²) in [6, 6.07) is 0. The van der Waals surface area contributed by atoms with Gasteiger partial charge in [-0.2, -0.15) is 5.26 Å². The van der Waals surface area contributed by atoms with Crippen molar-refractivity contribution in [2.75, 3.05) is 20.6 Å². The fourth-order valence-corrected chi connectivity index (χ4v) is 1.98. The molecule has 4 heteroatoms. The number of hydrogen-bond donors (Lipinski definition) is 1. The minimum Gasteiger partial charge on any atom is -0.309 e. The standard InChI is InChI=1S/C14H29NO3/c1-15(2)13-11-9-7-5-3-4-6-8-10-12-14(16)18-17/h17H,3-13H2,1-2H3. The van der Waals surface area contributed by atoms with Gasteiger partial charge in [-0.3, -0.25) is 0 Å². The first-order valence-electron chi connectivity index (χ1n) is 7.16. The molecule has 0 fully saturated rings. The molecule has 0 amide bonds. The molecule has 0 aliphatic rings. The summed E-state index contributed by atoms with van der Waals surface area (Å²) in [5, 5.41) is 8.06. The lowest BCUT2D eigenvalue weighted by atomic mass is 10.1. The molecular weight excluding hydrogens is 230 g/mol. The Balaban J connectivity index is 3.01. The predicted molar refractivity (Wildman–Crippen MR) is 73.4 cm³/mol. The molecule has 4 nitrogen and oxygen atoms in total. The van der Waals surface area contributed by atoms with Crippen LogP contribution >= 0.6 is 0 Å². The molecule has 0 atom stereocenters. The van der Waals surface area contributed by atoms with Crippen LogP contribution in [0.2, 0.25) is 0 Å². The number of nitrogens with zero attached hydrogens (tertiary/aromatic N) is 1. The molecule has 0 aromatic carbocycles. The van der Waals surface area contributed by atoms with Gasteiger partial charge in [0.15, 0.2) is 0 Å². The third kappa shape index (κ3) is 13.5. The second kappa shape index (κ2) is 12.8. The summed E-state index contributed by atoms with van der Waals surface area (Å²) < 4.78 is 0. The fraction of sp³-hybridized carbons (Fsp3) is 0.929. The Kier molecular flexibility index (Phi) is 12.4. The van der Waals surface area contributed by atoms with Crippen LogP contribution in [0.4, 0.5) is 0 Å². The van der Waals surface area contributed by atoms with Gasteiger partial charge in [0.2, 0.25) is 0 Å². The fourth-order valence-electron chi connectivity index (χ4n) is 1.98. The van der Waals surface area contributed by atoms with Gasteiger partial charge in [0.1, 0.15) is 0 Å². The summed E-state index contributed by atoms with van der Waals surface area (Å²) in [4.78, 5) is 16.5. The molecule has 0 aromatic heterocycles. The second-order valence-corrected chi connectivity index (χ2v) is 5.20. The van der Waals surface area contributed by atoms with Crippen LogP contribution in [-0.2, 0) is 9.68 Å². The third-order valence-corrected chi connectivity index (χ3v) is 3.09. The van der Waals surface area contributed by atoms with Crippen molar-refractivity contribution in [3.05, 3.63) is 0 Å². The van der Waals surface area contributed by atoms with Crippen molar-refractivity contribution in [3.63, 3.8) is 0 Å². The van der Waals surface area contributed by atoms with E-state index in [0.717, 1.165) is 12.8 Å². The minimum absolute atomic E-state index is 0.334. The first kappa shape index (κ1) is 17.4. The zero-order valence-corrected chi connectivity index (χ0v) is 12.0. The van der Waals surface area contributed by atoms with Gasteiger partial charge in [-0.1, -0.05) is 44.9 Å². The van der Waals surface area contributed by atoms with Gasteiger partial charge in [-0.15, -0.1) is 0 Å². The van der Waals surface area contributed by atoms with Crippen molar-refractivity contribution in [1.29, 1.82) is 0 Å². The molecule has 0 aromatic rings. The maximum absolute atomic E-state index is 10.6. The molecule has 1 N–H and O–H groups in total. The Morgan fingerprint density at radius 2 is 1.33 bits per heavy atom. The highest BCUT2D eigenvalue weighted by atomic mass is 17.1. The van der Waals surface area contributed by atoms with Crippen LogP contribution in [0.25, 0.3) is 0 Å². The average molecular weight is 259 g/mol. The molecule has 0 unspecified atom stereocenters. The smallest absolute Gasteiger partial charge is 0.309 e. The Labute approximate surface area is 111 Å². The first-order chi connectivity index (χ1) is 8.66. The van der Waals surface area contributed by atoms with Crippen molar-refractivity contribution >= 4 is 5.97 Å².